The first kappa shape index (κ1) is 12.4. The van der Waals surface area contributed by atoms with E-state index in [1.165, 1.54) is 17.2 Å². The van der Waals surface area contributed by atoms with Crippen LogP contribution in [0.25, 0.3) is 11.1 Å². The highest BCUT2D eigenvalue weighted by Crippen LogP contribution is 2.40. The van der Waals surface area contributed by atoms with Crippen molar-refractivity contribution in [1.82, 2.24) is 0 Å². The summed E-state index contributed by atoms with van der Waals surface area (Å²) in [6, 6.07) is 11.2. The number of hydrogen-bond acceptors (Lipinski definition) is 1. The highest BCUT2D eigenvalue weighted by Gasteiger charge is 2.24. The summed E-state index contributed by atoms with van der Waals surface area (Å²) in [5.74, 6) is -0.181. The molecule has 0 saturated heterocycles. The van der Waals surface area contributed by atoms with Crippen LogP contribution in [-0.4, -0.2) is 7.11 Å². The molecule has 0 amide bonds. The molecule has 0 unspecified atom stereocenters. The van der Waals surface area contributed by atoms with Crippen LogP contribution in [0.5, 0.6) is 0 Å². The van der Waals surface area contributed by atoms with Gasteiger partial charge in [0, 0.05) is 7.11 Å². The third-order valence-electron chi connectivity index (χ3n) is 3.99. The van der Waals surface area contributed by atoms with E-state index >= 15 is 0 Å². The van der Waals surface area contributed by atoms with E-state index in [0.717, 1.165) is 29.5 Å². The van der Waals surface area contributed by atoms with Gasteiger partial charge >= 0.3 is 0 Å². The summed E-state index contributed by atoms with van der Waals surface area (Å²) in [6.45, 7) is 2.02. The molecule has 2 heteroatoms. The fourth-order valence-electron chi connectivity index (χ4n) is 3.00. The predicted molar refractivity (Wildman–Crippen MR) is 74.6 cm³/mol. The molecule has 1 aliphatic rings. The number of aryl methyl sites for hydroxylation is 1. The molecule has 0 radical (unpaired) electrons. The van der Waals surface area contributed by atoms with Gasteiger partial charge in [-0.15, -0.1) is 0 Å². The lowest BCUT2D eigenvalue weighted by Crippen LogP contribution is -1.96. The van der Waals surface area contributed by atoms with Crippen LogP contribution in [0.1, 0.15) is 29.2 Å². The summed E-state index contributed by atoms with van der Waals surface area (Å²) in [4.78, 5) is 0. The van der Waals surface area contributed by atoms with E-state index in [2.05, 4.69) is 12.1 Å². The van der Waals surface area contributed by atoms with Crippen LogP contribution in [0.3, 0.4) is 0 Å². The molecule has 0 heterocycles. The van der Waals surface area contributed by atoms with E-state index in [1.54, 1.807) is 13.2 Å². The quantitative estimate of drug-likeness (QED) is 0.772. The lowest BCUT2D eigenvalue weighted by Gasteiger charge is -2.13. The average Bonchev–Trinajstić information content (AvgIpc) is 2.84. The van der Waals surface area contributed by atoms with Gasteiger partial charge in [0.15, 0.2) is 0 Å². The standard InChI is InChI=1S/C17H17FO/c1-11-6-7-12(18)10-16(11)13-4-3-5-15-14(13)8-9-17(15)19-2/h3-7,10,17H,8-9H2,1-2H3/t17-/m1/s1. The number of methoxy groups -OCH3 is 1. The minimum Gasteiger partial charge on any atom is -0.377 e. The Morgan fingerprint density at radius 3 is 2.79 bits per heavy atom. The van der Waals surface area contributed by atoms with Gasteiger partial charge < -0.3 is 4.74 Å². The van der Waals surface area contributed by atoms with Crippen molar-refractivity contribution in [2.45, 2.75) is 25.9 Å². The zero-order valence-corrected chi connectivity index (χ0v) is 11.2. The number of halogens is 1. The zero-order chi connectivity index (χ0) is 13.4. The second-order valence-corrected chi connectivity index (χ2v) is 5.10. The molecule has 0 bridgehead atoms. The maximum absolute atomic E-state index is 13.5. The van der Waals surface area contributed by atoms with Gasteiger partial charge in [-0.3, -0.25) is 0 Å². The maximum Gasteiger partial charge on any atom is 0.123 e. The predicted octanol–water partition coefficient (Wildman–Crippen LogP) is 4.43. The molecule has 0 spiro atoms. The minimum absolute atomic E-state index is 0.181. The van der Waals surface area contributed by atoms with Gasteiger partial charge in [-0.25, -0.2) is 4.39 Å². The van der Waals surface area contributed by atoms with Crippen LogP contribution in [-0.2, 0) is 11.2 Å². The molecule has 0 aromatic heterocycles. The zero-order valence-electron chi connectivity index (χ0n) is 11.2. The first-order valence-corrected chi connectivity index (χ1v) is 6.62. The SMILES string of the molecule is CO[C@@H]1CCc2c(-c3cc(F)ccc3C)cccc21. The Balaban J connectivity index is 2.17. The van der Waals surface area contributed by atoms with Crippen LogP contribution >= 0.6 is 0 Å². The fourth-order valence-corrected chi connectivity index (χ4v) is 3.00. The lowest BCUT2D eigenvalue weighted by atomic mass is 9.94. The molecule has 1 nitrogen and oxygen atoms in total. The summed E-state index contributed by atoms with van der Waals surface area (Å²) >= 11 is 0. The first-order valence-electron chi connectivity index (χ1n) is 6.62. The molecule has 19 heavy (non-hydrogen) atoms. The van der Waals surface area contributed by atoms with Crippen molar-refractivity contribution in [2.75, 3.05) is 7.11 Å². The van der Waals surface area contributed by atoms with Gasteiger partial charge in [0.05, 0.1) is 6.10 Å². The number of hydrogen-bond donors (Lipinski definition) is 0. The number of benzene rings is 2. The van der Waals surface area contributed by atoms with Gasteiger partial charge in [-0.1, -0.05) is 24.3 Å². The molecule has 0 saturated carbocycles. The van der Waals surface area contributed by atoms with Gasteiger partial charge in [0.1, 0.15) is 5.82 Å². The van der Waals surface area contributed by atoms with E-state index in [-0.39, 0.29) is 11.9 Å². The maximum atomic E-state index is 13.5. The van der Waals surface area contributed by atoms with Gasteiger partial charge in [0.2, 0.25) is 0 Å². The molecule has 1 aliphatic carbocycles. The number of rotatable bonds is 2. The lowest BCUT2D eigenvalue weighted by molar-refractivity contribution is 0.105. The third kappa shape index (κ3) is 2.06. The van der Waals surface area contributed by atoms with Gasteiger partial charge in [0.25, 0.3) is 0 Å². The van der Waals surface area contributed by atoms with Crippen LogP contribution in [0, 0.1) is 12.7 Å². The largest absolute Gasteiger partial charge is 0.377 e. The Morgan fingerprint density at radius 1 is 1.16 bits per heavy atom. The fraction of sp³-hybridized carbons (Fsp3) is 0.294. The molecule has 98 valence electrons. The van der Waals surface area contributed by atoms with Crippen molar-refractivity contribution in [3.05, 3.63) is 58.9 Å². The van der Waals surface area contributed by atoms with Crippen molar-refractivity contribution >= 4 is 0 Å². The monoisotopic (exact) mass is 256 g/mol. The Morgan fingerprint density at radius 2 is 2.00 bits per heavy atom. The van der Waals surface area contributed by atoms with E-state index < -0.39 is 0 Å². The first-order chi connectivity index (χ1) is 9.20. The Hall–Kier alpha value is -1.67. The van der Waals surface area contributed by atoms with E-state index in [4.69, 9.17) is 4.74 Å². The Labute approximate surface area is 113 Å². The average molecular weight is 256 g/mol. The highest BCUT2D eigenvalue weighted by molar-refractivity contribution is 5.72. The van der Waals surface area contributed by atoms with E-state index in [9.17, 15) is 4.39 Å². The Kier molecular flexibility index (Phi) is 3.11. The second-order valence-electron chi connectivity index (χ2n) is 5.10. The summed E-state index contributed by atoms with van der Waals surface area (Å²) in [6.07, 6.45) is 2.20. The highest BCUT2D eigenvalue weighted by atomic mass is 19.1. The van der Waals surface area contributed by atoms with E-state index in [1.807, 2.05) is 19.1 Å². The summed E-state index contributed by atoms with van der Waals surface area (Å²) in [7, 11) is 1.75. The topological polar surface area (TPSA) is 9.23 Å². The molecular formula is C17H17FO. The van der Waals surface area contributed by atoms with Crippen molar-refractivity contribution < 1.29 is 9.13 Å². The third-order valence-corrected chi connectivity index (χ3v) is 3.99. The summed E-state index contributed by atoms with van der Waals surface area (Å²) in [5.41, 5.74) is 5.81. The number of fused-ring (bicyclic) bond motifs is 1. The smallest absolute Gasteiger partial charge is 0.123 e. The van der Waals surface area contributed by atoms with Crippen LogP contribution in [0.2, 0.25) is 0 Å². The van der Waals surface area contributed by atoms with Crippen LogP contribution < -0.4 is 0 Å². The van der Waals surface area contributed by atoms with Crippen molar-refractivity contribution in [1.29, 1.82) is 0 Å². The molecule has 2 aromatic carbocycles. The molecule has 1 atom stereocenters. The molecule has 3 rings (SSSR count). The van der Waals surface area contributed by atoms with Gasteiger partial charge in [-0.05, 0) is 59.7 Å². The number of ether oxygens (including phenoxy) is 1. The summed E-state index contributed by atoms with van der Waals surface area (Å²) in [5, 5.41) is 0. The minimum atomic E-state index is -0.181. The van der Waals surface area contributed by atoms with Crippen molar-refractivity contribution in [3.8, 4) is 11.1 Å². The van der Waals surface area contributed by atoms with Gasteiger partial charge in [-0.2, -0.15) is 0 Å². The molecule has 0 fully saturated rings. The normalized spacial score (nSPS) is 17.5. The van der Waals surface area contributed by atoms with E-state index in [0.29, 0.717) is 0 Å². The molecule has 2 aromatic rings. The van der Waals surface area contributed by atoms with Crippen LogP contribution in [0.15, 0.2) is 36.4 Å². The van der Waals surface area contributed by atoms with Crippen molar-refractivity contribution in [3.63, 3.8) is 0 Å². The second kappa shape index (κ2) is 4.78. The molecule has 0 aliphatic heterocycles. The molecular weight excluding hydrogens is 239 g/mol. The van der Waals surface area contributed by atoms with Crippen molar-refractivity contribution in [2.24, 2.45) is 0 Å². The Bertz CT molecular complexity index is 619. The van der Waals surface area contributed by atoms with Crippen LogP contribution in [0.4, 0.5) is 4.39 Å². The summed E-state index contributed by atoms with van der Waals surface area (Å²) < 4.78 is 19.0. The molecule has 0 N–H and O–H groups in total.